The number of nitrogens with one attached hydrogen (secondary N) is 1. The molecule has 0 radical (unpaired) electrons. The van der Waals surface area contributed by atoms with Gasteiger partial charge in [0.05, 0.1) is 19.3 Å². The van der Waals surface area contributed by atoms with E-state index in [0.717, 1.165) is 32.7 Å². The van der Waals surface area contributed by atoms with E-state index in [1.807, 2.05) is 0 Å². The Bertz CT molecular complexity index is 167. The molecule has 0 saturated carbocycles. The highest BCUT2D eigenvalue weighted by Gasteiger charge is 1.94. The fourth-order valence-corrected chi connectivity index (χ4v) is 1.08. The van der Waals surface area contributed by atoms with Gasteiger partial charge in [0.2, 0.25) is 0 Å². The second kappa shape index (κ2) is 10.1. The maximum atomic E-state index is 5.49. The third kappa shape index (κ3) is 11.5. The van der Waals surface area contributed by atoms with Crippen LogP contribution in [-0.4, -0.2) is 39.5 Å². The van der Waals surface area contributed by atoms with Crippen molar-refractivity contribution in [2.24, 2.45) is 0 Å². The minimum Gasteiger partial charge on any atom is -0.383 e. The summed E-state index contributed by atoms with van der Waals surface area (Å²) in [5.74, 6) is 0. The number of ether oxygens (including phenoxy) is 2. The molecule has 0 aliphatic heterocycles. The SMILES string of the molecule is COCCNCCC=C(C)COC(C)C. The minimum atomic E-state index is 0.313. The van der Waals surface area contributed by atoms with Crippen LogP contribution in [0.25, 0.3) is 0 Å². The van der Waals surface area contributed by atoms with Crippen molar-refractivity contribution in [2.45, 2.75) is 33.3 Å². The van der Waals surface area contributed by atoms with Crippen LogP contribution in [0.4, 0.5) is 0 Å². The molecule has 0 aliphatic carbocycles. The molecular formula is C12H25NO2. The van der Waals surface area contributed by atoms with Crippen LogP contribution < -0.4 is 5.32 Å². The van der Waals surface area contributed by atoms with Crippen LogP contribution in [0.5, 0.6) is 0 Å². The fourth-order valence-electron chi connectivity index (χ4n) is 1.08. The van der Waals surface area contributed by atoms with Gasteiger partial charge in [-0.15, -0.1) is 0 Å². The standard InChI is InChI=1S/C12H25NO2/c1-11(2)15-10-12(3)6-5-7-13-8-9-14-4/h6,11,13H,5,7-10H2,1-4H3. The summed E-state index contributed by atoms with van der Waals surface area (Å²) in [5, 5.41) is 3.30. The smallest absolute Gasteiger partial charge is 0.0677 e. The average molecular weight is 215 g/mol. The van der Waals surface area contributed by atoms with Gasteiger partial charge in [0.15, 0.2) is 0 Å². The van der Waals surface area contributed by atoms with E-state index in [4.69, 9.17) is 9.47 Å². The maximum absolute atomic E-state index is 5.49. The van der Waals surface area contributed by atoms with Crippen LogP contribution in [-0.2, 0) is 9.47 Å². The summed E-state index contributed by atoms with van der Waals surface area (Å²) >= 11 is 0. The molecule has 0 rings (SSSR count). The Labute approximate surface area is 93.8 Å². The Morgan fingerprint density at radius 3 is 2.67 bits per heavy atom. The van der Waals surface area contributed by atoms with Gasteiger partial charge in [0.25, 0.3) is 0 Å². The molecule has 15 heavy (non-hydrogen) atoms. The lowest BCUT2D eigenvalue weighted by Gasteiger charge is -2.07. The normalized spacial score (nSPS) is 12.5. The summed E-state index contributed by atoms with van der Waals surface area (Å²) in [6.45, 7) is 9.67. The first-order chi connectivity index (χ1) is 7.16. The van der Waals surface area contributed by atoms with E-state index >= 15 is 0 Å². The highest BCUT2D eigenvalue weighted by Crippen LogP contribution is 1.98. The first kappa shape index (κ1) is 14.6. The lowest BCUT2D eigenvalue weighted by Crippen LogP contribution is -2.19. The van der Waals surface area contributed by atoms with Crippen molar-refractivity contribution in [3.05, 3.63) is 11.6 Å². The molecule has 0 bridgehead atoms. The zero-order valence-corrected chi connectivity index (χ0v) is 10.5. The van der Waals surface area contributed by atoms with Gasteiger partial charge in [0, 0.05) is 13.7 Å². The van der Waals surface area contributed by atoms with Gasteiger partial charge in [-0.2, -0.15) is 0 Å². The van der Waals surface area contributed by atoms with Gasteiger partial charge in [0.1, 0.15) is 0 Å². The Morgan fingerprint density at radius 2 is 2.07 bits per heavy atom. The van der Waals surface area contributed by atoms with Crippen LogP contribution in [0.15, 0.2) is 11.6 Å². The van der Waals surface area contributed by atoms with Crippen molar-refractivity contribution in [1.29, 1.82) is 0 Å². The summed E-state index contributed by atoms with van der Waals surface area (Å²) in [7, 11) is 1.72. The molecule has 0 aromatic heterocycles. The van der Waals surface area contributed by atoms with Gasteiger partial charge < -0.3 is 14.8 Å². The number of hydrogen-bond acceptors (Lipinski definition) is 3. The molecule has 0 fully saturated rings. The van der Waals surface area contributed by atoms with Crippen LogP contribution in [0, 0.1) is 0 Å². The van der Waals surface area contributed by atoms with Crippen molar-refractivity contribution in [1.82, 2.24) is 5.32 Å². The lowest BCUT2D eigenvalue weighted by molar-refractivity contribution is 0.0972. The molecule has 90 valence electrons. The summed E-state index contributed by atoms with van der Waals surface area (Å²) in [6.07, 6.45) is 3.59. The van der Waals surface area contributed by atoms with E-state index in [2.05, 4.69) is 32.2 Å². The van der Waals surface area contributed by atoms with Gasteiger partial charge >= 0.3 is 0 Å². The van der Waals surface area contributed by atoms with E-state index < -0.39 is 0 Å². The zero-order chi connectivity index (χ0) is 11.5. The molecule has 0 aromatic rings. The molecule has 0 amide bonds. The van der Waals surface area contributed by atoms with E-state index in [9.17, 15) is 0 Å². The molecule has 0 heterocycles. The van der Waals surface area contributed by atoms with E-state index in [1.54, 1.807) is 7.11 Å². The highest BCUT2D eigenvalue weighted by atomic mass is 16.5. The summed E-state index contributed by atoms with van der Waals surface area (Å²) < 4.78 is 10.4. The predicted octanol–water partition coefficient (Wildman–Crippen LogP) is 1.98. The van der Waals surface area contributed by atoms with Gasteiger partial charge in [-0.3, -0.25) is 0 Å². The Morgan fingerprint density at radius 1 is 1.33 bits per heavy atom. The fraction of sp³-hybridized carbons (Fsp3) is 0.833. The Hall–Kier alpha value is -0.380. The van der Waals surface area contributed by atoms with Gasteiger partial charge in [-0.25, -0.2) is 0 Å². The van der Waals surface area contributed by atoms with E-state index in [-0.39, 0.29) is 0 Å². The number of methoxy groups -OCH3 is 1. The molecular weight excluding hydrogens is 190 g/mol. The van der Waals surface area contributed by atoms with Crippen LogP contribution >= 0.6 is 0 Å². The van der Waals surface area contributed by atoms with Crippen LogP contribution in [0.1, 0.15) is 27.2 Å². The molecule has 0 aliphatic rings. The van der Waals surface area contributed by atoms with E-state index in [1.165, 1.54) is 5.57 Å². The average Bonchev–Trinajstić information content (AvgIpc) is 2.20. The van der Waals surface area contributed by atoms with Crippen molar-refractivity contribution >= 4 is 0 Å². The summed E-state index contributed by atoms with van der Waals surface area (Å²) in [4.78, 5) is 0. The summed E-state index contributed by atoms with van der Waals surface area (Å²) in [5.41, 5.74) is 1.30. The first-order valence-corrected chi connectivity index (χ1v) is 5.63. The number of hydrogen-bond donors (Lipinski definition) is 1. The first-order valence-electron chi connectivity index (χ1n) is 5.63. The topological polar surface area (TPSA) is 30.5 Å². The molecule has 3 heteroatoms. The minimum absolute atomic E-state index is 0.313. The summed E-state index contributed by atoms with van der Waals surface area (Å²) in [6, 6.07) is 0. The van der Waals surface area contributed by atoms with Crippen LogP contribution in [0.3, 0.4) is 0 Å². The molecule has 0 atom stereocenters. The third-order valence-corrected chi connectivity index (χ3v) is 1.94. The molecule has 3 nitrogen and oxygen atoms in total. The Balaban J connectivity index is 3.33. The largest absolute Gasteiger partial charge is 0.383 e. The van der Waals surface area contributed by atoms with Crippen molar-refractivity contribution < 1.29 is 9.47 Å². The molecule has 1 N–H and O–H groups in total. The van der Waals surface area contributed by atoms with Gasteiger partial charge in [-0.1, -0.05) is 11.6 Å². The zero-order valence-electron chi connectivity index (χ0n) is 10.5. The molecule has 0 unspecified atom stereocenters. The maximum Gasteiger partial charge on any atom is 0.0677 e. The predicted molar refractivity (Wildman–Crippen MR) is 64.2 cm³/mol. The van der Waals surface area contributed by atoms with Crippen LogP contribution in [0.2, 0.25) is 0 Å². The molecule has 0 aromatic carbocycles. The monoisotopic (exact) mass is 215 g/mol. The van der Waals surface area contributed by atoms with Crippen molar-refractivity contribution in [2.75, 3.05) is 33.4 Å². The second-order valence-corrected chi connectivity index (χ2v) is 3.94. The quantitative estimate of drug-likeness (QED) is 0.471. The van der Waals surface area contributed by atoms with E-state index in [0.29, 0.717) is 6.10 Å². The number of rotatable bonds is 9. The third-order valence-electron chi connectivity index (χ3n) is 1.94. The molecule has 0 spiro atoms. The van der Waals surface area contributed by atoms with Crippen molar-refractivity contribution in [3.8, 4) is 0 Å². The second-order valence-electron chi connectivity index (χ2n) is 3.94. The van der Waals surface area contributed by atoms with Gasteiger partial charge in [-0.05, 0) is 33.7 Å². The Kier molecular flexibility index (Phi) is 9.89. The van der Waals surface area contributed by atoms with Crippen molar-refractivity contribution in [3.63, 3.8) is 0 Å². The lowest BCUT2D eigenvalue weighted by atomic mass is 10.2. The highest BCUT2D eigenvalue weighted by molar-refractivity contribution is 4.98. The molecule has 0 saturated heterocycles.